The number of rotatable bonds is 5. The Labute approximate surface area is 143 Å². The van der Waals surface area contributed by atoms with E-state index in [1.165, 1.54) is 12.0 Å². The van der Waals surface area contributed by atoms with E-state index in [-0.39, 0.29) is 17.7 Å². The highest BCUT2D eigenvalue weighted by Gasteiger charge is 2.32. The molecule has 130 valence electrons. The number of carbonyl (C=O) groups is 2. The van der Waals surface area contributed by atoms with Crippen LogP contribution in [0.5, 0.6) is 0 Å². The second-order valence-electron chi connectivity index (χ2n) is 7.46. The Morgan fingerprint density at radius 1 is 0.958 bits per heavy atom. The van der Waals surface area contributed by atoms with Gasteiger partial charge in [0.1, 0.15) is 0 Å². The average molecular weight is 329 g/mol. The molecule has 2 unspecified atom stereocenters. The third-order valence-electron chi connectivity index (χ3n) is 5.70. The molecule has 2 aliphatic rings. The summed E-state index contributed by atoms with van der Waals surface area (Å²) in [5.41, 5.74) is 1.38. The molecule has 0 heterocycles. The lowest BCUT2D eigenvalue weighted by molar-refractivity contribution is -0.144. The summed E-state index contributed by atoms with van der Waals surface area (Å²) in [6.07, 6.45) is 7.08. The molecule has 0 saturated heterocycles. The minimum atomic E-state index is -0.714. The van der Waals surface area contributed by atoms with Crippen LogP contribution in [0.4, 0.5) is 0 Å². The van der Waals surface area contributed by atoms with Crippen molar-refractivity contribution in [3.8, 4) is 0 Å². The normalized spacial score (nSPS) is 30.0. The molecule has 2 atom stereocenters. The molecule has 0 aromatic heterocycles. The largest absolute Gasteiger partial charge is 0.481 e. The van der Waals surface area contributed by atoms with Crippen LogP contribution in [-0.2, 0) is 16.0 Å². The van der Waals surface area contributed by atoms with Gasteiger partial charge in [0.2, 0.25) is 5.91 Å². The van der Waals surface area contributed by atoms with Crippen molar-refractivity contribution in [1.29, 1.82) is 0 Å². The quantitative estimate of drug-likeness (QED) is 0.870. The van der Waals surface area contributed by atoms with E-state index in [1.54, 1.807) is 0 Å². The Bertz CT molecular complexity index is 564. The van der Waals surface area contributed by atoms with E-state index >= 15 is 0 Å². The van der Waals surface area contributed by atoms with Gasteiger partial charge in [-0.2, -0.15) is 0 Å². The zero-order chi connectivity index (χ0) is 16.9. The number of nitrogens with one attached hydrogen (secondary N) is 1. The van der Waals surface area contributed by atoms with Crippen molar-refractivity contribution >= 4 is 11.9 Å². The lowest BCUT2D eigenvalue weighted by atomic mass is 9.81. The molecule has 4 heteroatoms. The monoisotopic (exact) mass is 329 g/mol. The van der Waals surface area contributed by atoms with E-state index < -0.39 is 5.97 Å². The van der Waals surface area contributed by atoms with Gasteiger partial charge in [-0.3, -0.25) is 9.59 Å². The molecule has 0 bridgehead atoms. The maximum Gasteiger partial charge on any atom is 0.306 e. The summed E-state index contributed by atoms with van der Waals surface area (Å²) in [7, 11) is 0. The number of carboxylic acid groups (broad SMARTS) is 1. The molecule has 0 aliphatic heterocycles. The van der Waals surface area contributed by atoms with E-state index in [1.807, 2.05) is 6.07 Å². The number of benzene rings is 1. The van der Waals surface area contributed by atoms with Gasteiger partial charge < -0.3 is 10.4 Å². The summed E-state index contributed by atoms with van der Waals surface area (Å²) < 4.78 is 0. The molecule has 2 N–H and O–H groups in total. The van der Waals surface area contributed by atoms with Gasteiger partial charge in [0.05, 0.1) is 5.92 Å². The number of carboxylic acids is 1. The number of amides is 1. The van der Waals surface area contributed by atoms with Crippen LogP contribution in [-0.4, -0.2) is 23.0 Å². The fourth-order valence-corrected chi connectivity index (χ4v) is 4.26. The second kappa shape index (κ2) is 7.82. The van der Waals surface area contributed by atoms with Gasteiger partial charge in [0, 0.05) is 12.0 Å². The first-order valence-corrected chi connectivity index (χ1v) is 9.19. The van der Waals surface area contributed by atoms with Gasteiger partial charge in [-0.05, 0) is 62.8 Å². The van der Waals surface area contributed by atoms with Crippen LogP contribution >= 0.6 is 0 Å². The second-order valence-corrected chi connectivity index (χ2v) is 7.46. The summed E-state index contributed by atoms with van der Waals surface area (Å²) in [4.78, 5) is 23.4. The lowest BCUT2D eigenvalue weighted by Gasteiger charge is -2.26. The summed E-state index contributed by atoms with van der Waals surface area (Å²) in [5.74, 6) is -0.164. The van der Waals surface area contributed by atoms with Gasteiger partial charge in [0.25, 0.3) is 0 Å². The minimum Gasteiger partial charge on any atom is -0.481 e. The summed E-state index contributed by atoms with van der Waals surface area (Å²) >= 11 is 0. The highest BCUT2D eigenvalue weighted by molar-refractivity contribution is 5.79. The summed E-state index contributed by atoms with van der Waals surface area (Å²) in [5, 5.41) is 12.3. The molecule has 3 rings (SSSR count). The first kappa shape index (κ1) is 17.0. The maximum absolute atomic E-state index is 12.4. The van der Waals surface area contributed by atoms with Crippen LogP contribution in [0.15, 0.2) is 30.3 Å². The third kappa shape index (κ3) is 4.37. The average Bonchev–Trinajstić information content (AvgIpc) is 3.02. The first-order chi connectivity index (χ1) is 11.6. The molecule has 2 aliphatic carbocycles. The SMILES string of the molecule is O=C(O)C1CCC(C(=O)NC2CCC(Cc3ccccc3)C2)CC1. The van der Waals surface area contributed by atoms with Crippen LogP contribution in [0.25, 0.3) is 0 Å². The van der Waals surface area contributed by atoms with E-state index in [0.717, 1.165) is 19.3 Å². The Morgan fingerprint density at radius 2 is 1.62 bits per heavy atom. The van der Waals surface area contributed by atoms with Crippen molar-refractivity contribution in [3.05, 3.63) is 35.9 Å². The van der Waals surface area contributed by atoms with E-state index in [2.05, 4.69) is 29.6 Å². The van der Waals surface area contributed by atoms with Crippen LogP contribution in [0, 0.1) is 17.8 Å². The molecule has 1 amide bonds. The Kier molecular flexibility index (Phi) is 5.54. The zero-order valence-electron chi connectivity index (χ0n) is 14.1. The van der Waals surface area contributed by atoms with Crippen molar-refractivity contribution in [3.63, 3.8) is 0 Å². The van der Waals surface area contributed by atoms with Crippen LogP contribution in [0.3, 0.4) is 0 Å². The minimum absolute atomic E-state index is 0.00812. The third-order valence-corrected chi connectivity index (χ3v) is 5.70. The molecule has 0 spiro atoms. The number of hydrogen-bond donors (Lipinski definition) is 2. The zero-order valence-corrected chi connectivity index (χ0v) is 14.1. The molecule has 2 saturated carbocycles. The Hall–Kier alpha value is -1.84. The molecule has 0 radical (unpaired) electrons. The van der Waals surface area contributed by atoms with Gasteiger partial charge >= 0.3 is 5.97 Å². The Balaban J connectivity index is 1.42. The predicted octanol–water partition coefficient (Wildman–Crippen LogP) is 3.41. The predicted molar refractivity (Wildman–Crippen MR) is 92.5 cm³/mol. The van der Waals surface area contributed by atoms with Crippen LogP contribution < -0.4 is 5.32 Å². The van der Waals surface area contributed by atoms with Gasteiger partial charge in [-0.25, -0.2) is 0 Å². The molecule has 24 heavy (non-hydrogen) atoms. The van der Waals surface area contributed by atoms with Gasteiger partial charge in [-0.1, -0.05) is 30.3 Å². The van der Waals surface area contributed by atoms with Crippen molar-refractivity contribution in [2.24, 2.45) is 17.8 Å². The molecule has 1 aromatic carbocycles. The topological polar surface area (TPSA) is 66.4 Å². The van der Waals surface area contributed by atoms with E-state index in [0.29, 0.717) is 37.6 Å². The highest BCUT2D eigenvalue weighted by atomic mass is 16.4. The molecule has 2 fully saturated rings. The maximum atomic E-state index is 12.4. The summed E-state index contributed by atoms with van der Waals surface area (Å²) in [6, 6.07) is 10.8. The van der Waals surface area contributed by atoms with Crippen molar-refractivity contribution in [2.45, 2.75) is 57.4 Å². The van der Waals surface area contributed by atoms with E-state index in [4.69, 9.17) is 5.11 Å². The first-order valence-electron chi connectivity index (χ1n) is 9.19. The van der Waals surface area contributed by atoms with Crippen molar-refractivity contribution in [2.75, 3.05) is 0 Å². The smallest absolute Gasteiger partial charge is 0.306 e. The van der Waals surface area contributed by atoms with Crippen molar-refractivity contribution in [1.82, 2.24) is 5.32 Å². The number of hydrogen-bond acceptors (Lipinski definition) is 2. The molecular formula is C20H27NO3. The fourth-order valence-electron chi connectivity index (χ4n) is 4.26. The lowest BCUT2D eigenvalue weighted by Crippen LogP contribution is -2.39. The standard InChI is InChI=1S/C20H27NO3/c22-19(16-7-9-17(10-8-16)20(23)24)21-18-11-6-15(13-18)12-14-4-2-1-3-5-14/h1-5,15-18H,6-13H2,(H,21,22)(H,23,24). The fraction of sp³-hybridized carbons (Fsp3) is 0.600. The number of aliphatic carboxylic acids is 1. The van der Waals surface area contributed by atoms with Gasteiger partial charge in [-0.15, -0.1) is 0 Å². The van der Waals surface area contributed by atoms with E-state index in [9.17, 15) is 9.59 Å². The van der Waals surface area contributed by atoms with Crippen LogP contribution in [0.1, 0.15) is 50.5 Å². The number of carbonyl (C=O) groups excluding carboxylic acids is 1. The Morgan fingerprint density at radius 3 is 2.29 bits per heavy atom. The summed E-state index contributed by atoms with van der Waals surface area (Å²) in [6.45, 7) is 0. The van der Waals surface area contributed by atoms with Crippen LogP contribution in [0.2, 0.25) is 0 Å². The highest BCUT2D eigenvalue weighted by Crippen LogP contribution is 2.31. The molecule has 1 aromatic rings. The van der Waals surface area contributed by atoms with Crippen molar-refractivity contribution < 1.29 is 14.7 Å². The van der Waals surface area contributed by atoms with Gasteiger partial charge in [0.15, 0.2) is 0 Å². The molecular weight excluding hydrogens is 302 g/mol. The molecule has 4 nitrogen and oxygen atoms in total.